The van der Waals surface area contributed by atoms with Gasteiger partial charge in [0.05, 0.1) is 6.20 Å². The normalized spacial score (nSPS) is 17.9. The molecule has 0 bridgehead atoms. The molecule has 0 spiro atoms. The summed E-state index contributed by atoms with van der Waals surface area (Å²) in [7, 11) is 4.22. The Kier molecular flexibility index (Phi) is 3.40. The molecule has 1 aliphatic carbocycles. The molecule has 0 radical (unpaired) electrons. The number of hydrogen-bond acceptors (Lipinski definition) is 5. The van der Waals surface area contributed by atoms with E-state index in [2.05, 4.69) is 34.3 Å². The highest BCUT2D eigenvalue weighted by Crippen LogP contribution is 2.36. The molecular weight excluding hydrogens is 238 g/mol. The molecule has 1 aromatic heterocycles. The van der Waals surface area contributed by atoms with Gasteiger partial charge in [0.1, 0.15) is 5.02 Å². The highest BCUT2D eigenvalue weighted by Gasteiger charge is 2.38. The van der Waals surface area contributed by atoms with Crippen molar-refractivity contribution in [2.75, 3.05) is 31.7 Å². The molecule has 1 saturated carbocycles. The van der Waals surface area contributed by atoms with Gasteiger partial charge in [-0.2, -0.15) is 4.98 Å². The number of likely N-dealkylation sites (N-methyl/N-ethyl adjacent to an activating group) is 1. The average molecular weight is 256 g/mol. The zero-order chi connectivity index (χ0) is 12.5. The van der Waals surface area contributed by atoms with Gasteiger partial charge >= 0.3 is 0 Å². The Morgan fingerprint density at radius 2 is 2.24 bits per heavy atom. The first-order valence-electron chi connectivity index (χ1n) is 5.73. The highest BCUT2D eigenvalue weighted by molar-refractivity contribution is 6.32. The second-order valence-corrected chi connectivity index (χ2v) is 5.16. The van der Waals surface area contributed by atoms with Crippen molar-refractivity contribution in [3.63, 3.8) is 0 Å². The van der Waals surface area contributed by atoms with E-state index in [0.29, 0.717) is 10.8 Å². The molecule has 1 heterocycles. The predicted molar refractivity (Wildman–Crippen MR) is 70.2 cm³/mol. The first kappa shape index (κ1) is 12.4. The number of anilines is 2. The van der Waals surface area contributed by atoms with Gasteiger partial charge in [0.25, 0.3) is 0 Å². The number of nitrogens with two attached hydrogens (primary N) is 1. The predicted octanol–water partition coefficient (Wildman–Crippen LogP) is 1.61. The first-order chi connectivity index (χ1) is 8.03. The van der Waals surface area contributed by atoms with Crippen LogP contribution < -0.4 is 11.1 Å². The summed E-state index contributed by atoms with van der Waals surface area (Å²) in [4.78, 5) is 10.2. The van der Waals surface area contributed by atoms with E-state index in [1.807, 2.05) is 0 Å². The third-order valence-corrected chi connectivity index (χ3v) is 3.86. The fourth-order valence-corrected chi connectivity index (χ4v) is 2.28. The van der Waals surface area contributed by atoms with Crippen LogP contribution in [0.2, 0.25) is 5.02 Å². The SMILES string of the molecule is CN(C)C1(CNc2nc(N)ncc2Cl)CCC1. The van der Waals surface area contributed by atoms with E-state index in [-0.39, 0.29) is 11.5 Å². The van der Waals surface area contributed by atoms with Crippen LogP contribution in [0.4, 0.5) is 11.8 Å². The largest absolute Gasteiger partial charge is 0.368 e. The van der Waals surface area contributed by atoms with Crippen molar-refractivity contribution in [3.05, 3.63) is 11.2 Å². The Hall–Kier alpha value is -1.07. The van der Waals surface area contributed by atoms with Gasteiger partial charge in [-0.1, -0.05) is 11.6 Å². The molecule has 5 nitrogen and oxygen atoms in total. The molecule has 17 heavy (non-hydrogen) atoms. The van der Waals surface area contributed by atoms with Gasteiger partial charge in [-0.25, -0.2) is 4.98 Å². The zero-order valence-electron chi connectivity index (χ0n) is 10.2. The maximum absolute atomic E-state index is 6.01. The Morgan fingerprint density at radius 1 is 1.53 bits per heavy atom. The van der Waals surface area contributed by atoms with Gasteiger partial charge in [0.2, 0.25) is 5.95 Å². The lowest BCUT2D eigenvalue weighted by Crippen LogP contribution is -2.54. The lowest BCUT2D eigenvalue weighted by atomic mass is 9.75. The van der Waals surface area contributed by atoms with Crippen molar-refractivity contribution >= 4 is 23.4 Å². The lowest BCUT2D eigenvalue weighted by molar-refractivity contribution is 0.0738. The molecule has 0 saturated heterocycles. The molecule has 0 unspecified atom stereocenters. The van der Waals surface area contributed by atoms with Crippen LogP contribution >= 0.6 is 11.6 Å². The van der Waals surface area contributed by atoms with E-state index in [4.69, 9.17) is 17.3 Å². The maximum atomic E-state index is 6.01. The lowest BCUT2D eigenvalue weighted by Gasteiger charge is -2.47. The Morgan fingerprint density at radius 3 is 2.76 bits per heavy atom. The number of nitrogens with zero attached hydrogens (tertiary/aromatic N) is 3. The Balaban J connectivity index is 2.04. The van der Waals surface area contributed by atoms with Crippen molar-refractivity contribution in [3.8, 4) is 0 Å². The van der Waals surface area contributed by atoms with Crippen molar-refractivity contribution < 1.29 is 0 Å². The van der Waals surface area contributed by atoms with Crippen molar-refractivity contribution in [1.29, 1.82) is 0 Å². The number of nitrogens with one attached hydrogen (secondary N) is 1. The minimum Gasteiger partial charge on any atom is -0.368 e. The smallest absolute Gasteiger partial charge is 0.222 e. The van der Waals surface area contributed by atoms with E-state index in [1.165, 1.54) is 25.5 Å². The van der Waals surface area contributed by atoms with E-state index in [0.717, 1.165) is 6.54 Å². The molecule has 0 atom stereocenters. The summed E-state index contributed by atoms with van der Waals surface area (Å²) in [6.07, 6.45) is 5.20. The average Bonchev–Trinajstić information content (AvgIpc) is 2.21. The molecule has 0 amide bonds. The summed E-state index contributed by atoms with van der Waals surface area (Å²) < 4.78 is 0. The molecular formula is C11H18ClN5. The van der Waals surface area contributed by atoms with Crippen LogP contribution in [0.5, 0.6) is 0 Å². The van der Waals surface area contributed by atoms with E-state index >= 15 is 0 Å². The second-order valence-electron chi connectivity index (χ2n) is 4.75. The highest BCUT2D eigenvalue weighted by atomic mass is 35.5. The van der Waals surface area contributed by atoms with Crippen LogP contribution in [0.25, 0.3) is 0 Å². The first-order valence-corrected chi connectivity index (χ1v) is 6.11. The van der Waals surface area contributed by atoms with E-state index in [1.54, 1.807) is 0 Å². The van der Waals surface area contributed by atoms with E-state index < -0.39 is 0 Å². The van der Waals surface area contributed by atoms with Gasteiger partial charge in [0.15, 0.2) is 5.82 Å². The Labute approximate surface area is 106 Å². The summed E-state index contributed by atoms with van der Waals surface area (Å²) in [5.74, 6) is 0.858. The zero-order valence-corrected chi connectivity index (χ0v) is 11.0. The van der Waals surface area contributed by atoms with Crippen LogP contribution in [0.15, 0.2) is 6.20 Å². The van der Waals surface area contributed by atoms with Gasteiger partial charge in [-0.05, 0) is 33.4 Å². The van der Waals surface area contributed by atoms with Crippen LogP contribution in [0.3, 0.4) is 0 Å². The molecule has 94 valence electrons. The number of rotatable bonds is 4. The fraction of sp³-hybridized carbons (Fsp3) is 0.636. The monoisotopic (exact) mass is 255 g/mol. The number of nitrogen functional groups attached to an aromatic ring is 1. The van der Waals surface area contributed by atoms with Crippen LogP contribution in [0.1, 0.15) is 19.3 Å². The third-order valence-electron chi connectivity index (χ3n) is 3.58. The minimum atomic E-state index is 0.225. The van der Waals surface area contributed by atoms with E-state index in [9.17, 15) is 0 Å². The van der Waals surface area contributed by atoms with Crippen LogP contribution in [0, 0.1) is 0 Å². The summed E-state index contributed by atoms with van der Waals surface area (Å²) in [6, 6.07) is 0. The van der Waals surface area contributed by atoms with Gasteiger partial charge in [-0.3, -0.25) is 0 Å². The van der Waals surface area contributed by atoms with Crippen molar-refractivity contribution in [1.82, 2.24) is 14.9 Å². The molecule has 0 aliphatic heterocycles. The standard InChI is InChI=1S/C11H18ClN5/c1-17(2)11(4-3-5-11)7-15-9-8(12)6-14-10(13)16-9/h6H,3-5,7H2,1-2H3,(H3,13,14,15,16). The topological polar surface area (TPSA) is 67.1 Å². The summed E-state index contributed by atoms with van der Waals surface area (Å²) >= 11 is 6.01. The quantitative estimate of drug-likeness (QED) is 0.856. The van der Waals surface area contributed by atoms with Gasteiger partial charge in [-0.15, -0.1) is 0 Å². The molecule has 6 heteroatoms. The van der Waals surface area contributed by atoms with Crippen molar-refractivity contribution in [2.45, 2.75) is 24.8 Å². The Bertz CT molecular complexity index is 403. The number of halogens is 1. The summed E-state index contributed by atoms with van der Waals surface area (Å²) in [5.41, 5.74) is 5.77. The summed E-state index contributed by atoms with van der Waals surface area (Å²) in [6.45, 7) is 0.830. The van der Waals surface area contributed by atoms with Crippen LogP contribution in [-0.2, 0) is 0 Å². The molecule has 1 aromatic rings. The number of aromatic nitrogens is 2. The van der Waals surface area contributed by atoms with Gasteiger partial charge in [0, 0.05) is 12.1 Å². The fourth-order valence-electron chi connectivity index (χ4n) is 2.12. The second kappa shape index (κ2) is 4.66. The van der Waals surface area contributed by atoms with Gasteiger partial charge < -0.3 is 16.0 Å². The molecule has 3 N–H and O–H groups in total. The molecule has 1 fully saturated rings. The van der Waals surface area contributed by atoms with Crippen molar-refractivity contribution in [2.24, 2.45) is 0 Å². The third kappa shape index (κ3) is 2.45. The molecule has 2 rings (SSSR count). The van der Waals surface area contributed by atoms with Crippen LogP contribution in [-0.4, -0.2) is 41.0 Å². The molecule has 0 aromatic carbocycles. The molecule has 1 aliphatic rings. The minimum absolute atomic E-state index is 0.225. The number of hydrogen-bond donors (Lipinski definition) is 2. The summed E-state index contributed by atoms with van der Waals surface area (Å²) in [5, 5.41) is 3.78. The maximum Gasteiger partial charge on any atom is 0.222 e.